The molecule has 1 amide bonds. The van der Waals surface area contributed by atoms with E-state index in [0.29, 0.717) is 23.5 Å². The third-order valence-corrected chi connectivity index (χ3v) is 4.91. The highest BCUT2D eigenvalue weighted by Gasteiger charge is 2.36. The van der Waals surface area contributed by atoms with Gasteiger partial charge < -0.3 is 29.0 Å². The van der Waals surface area contributed by atoms with Crippen LogP contribution >= 0.6 is 23.5 Å². The molecule has 1 N–H and O–H groups in total. The highest BCUT2D eigenvalue weighted by Crippen LogP contribution is 2.27. The second-order valence-corrected chi connectivity index (χ2v) is 9.24. The molecule has 0 fully saturated rings. The summed E-state index contributed by atoms with van der Waals surface area (Å²) >= 11 is 1.06. The van der Waals surface area contributed by atoms with Crippen molar-refractivity contribution in [1.82, 2.24) is 5.32 Å². The van der Waals surface area contributed by atoms with Crippen LogP contribution in [0.4, 0.5) is 9.59 Å². The summed E-state index contributed by atoms with van der Waals surface area (Å²) in [6, 6.07) is -1.24. The summed E-state index contributed by atoms with van der Waals surface area (Å²) in [5.41, 5.74) is 0. The first-order chi connectivity index (χ1) is 14.7. The monoisotopic (exact) mass is 497 g/mol. The third kappa shape index (κ3) is 13.7. The molecule has 0 aliphatic rings. The van der Waals surface area contributed by atoms with Crippen LogP contribution in [0, 0.1) is 0 Å². The van der Waals surface area contributed by atoms with Gasteiger partial charge in [0.15, 0.2) is 0 Å². The Morgan fingerprint density at radius 3 is 1.81 bits per heavy atom. The zero-order chi connectivity index (χ0) is 24.9. The van der Waals surface area contributed by atoms with Crippen LogP contribution in [0.2, 0.25) is 0 Å². The summed E-state index contributed by atoms with van der Waals surface area (Å²) in [5, 5.41) is 0.710. The van der Waals surface area contributed by atoms with Gasteiger partial charge in [-0.15, -0.1) is 0 Å². The van der Waals surface area contributed by atoms with Crippen LogP contribution in [0.25, 0.3) is 0 Å². The molecule has 0 radical (unpaired) electrons. The van der Waals surface area contributed by atoms with Crippen molar-refractivity contribution in [3.05, 3.63) is 0 Å². The maximum Gasteiger partial charge on any atom is 0.371 e. The predicted molar refractivity (Wildman–Crippen MR) is 114 cm³/mol. The Balaban J connectivity index is 4.96. The molecule has 0 aliphatic carbocycles. The standard InChI is InChI=1S/C18H27NO11S2/c1-10(2)30-14(22)13(7-31-16(24)28-8-26-11(3)20)19-15(23)18(5,6)32-17(25)29-9-27-12(4)21/h10,13H,7-9H2,1-6H3,(H,19,23)/t13-/m0/s1. The van der Waals surface area contributed by atoms with Gasteiger partial charge in [0.2, 0.25) is 19.5 Å². The van der Waals surface area contributed by atoms with E-state index in [1.165, 1.54) is 13.8 Å². The lowest BCUT2D eigenvalue weighted by atomic mass is 10.2. The third-order valence-electron chi connectivity index (χ3n) is 3.07. The normalized spacial score (nSPS) is 11.7. The molecule has 32 heavy (non-hydrogen) atoms. The first kappa shape index (κ1) is 29.5. The maximum atomic E-state index is 12.7. The van der Waals surface area contributed by atoms with Gasteiger partial charge in [0, 0.05) is 19.6 Å². The molecule has 0 unspecified atom stereocenters. The Morgan fingerprint density at radius 2 is 1.34 bits per heavy atom. The summed E-state index contributed by atoms with van der Waals surface area (Å²) < 4.78 is 22.0. The summed E-state index contributed by atoms with van der Waals surface area (Å²) in [6.45, 7) is 7.12. The van der Waals surface area contributed by atoms with E-state index in [4.69, 9.17) is 4.74 Å². The molecule has 0 aromatic carbocycles. The summed E-state index contributed by atoms with van der Waals surface area (Å²) in [5.74, 6) is -3.04. The van der Waals surface area contributed by atoms with Crippen LogP contribution in [0.1, 0.15) is 41.5 Å². The number of hydrogen-bond acceptors (Lipinski definition) is 13. The van der Waals surface area contributed by atoms with Gasteiger partial charge in [0.25, 0.3) is 0 Å². The minimum atomic E-state index is -1.38. The summed E-state index contributed by atoms with van der Waals surface area (Å²) in [6.07, 6.45) is -0.485. The van der Waals surface area contributed by atoms with Crippen LogP contribution in [0.5, 0.6) is 0 Å². The number of hydrogen-bond donors (Lipinski definition) is 1. The summed E-state index contributed by atoms with van der Waals surface area (Å²) in [7, 11) is 0. The fraction of sp³-hybridized carbons (Fsp3) is 0.667. The quantitative estimate of drug-likeness (QED) is 0.251. The van der Waals surface area contributed by atoms with Crippen molar-refractivity contribution < 1.29 is 52.5 Å². The Morgan fingerprint density at radius 1 is 0.844 bits per heavy atom. The van der Waals surface area contributed by atoms with Gasteiger partial charge in [-0.2, -0.15) is 0 Å². The van der Waals surface area contributed by atoms with Crippen molar-refractivity contribution in [3.63, 3.8) is 0 Å². The number of carbonyl (C=O) groups is 6. The Bertz CT molecular complexity index is 709. The van der Waals surface area contributed by atoms with Crippen molar-refractivity contribution >= 4 is 57.9 Å². The second-order valence-electron chi connectivity index (χ2n) is 6.73. The largest absolute Gasteiger partial charge is 0.461 e. The summed E-state index contributed by atoms with van der Waals surface area (Å²) in [4.78, 5) is 70.0. The van der Waals surface area contributed by atoms with Gasteiger partial charge in [-0.25, -0.2) is 14.4 Å². The highest BCUT2D eigenvalue weighted by molar-refractivity contribution is 8.15. The van der Waals surface area contributed by atoms with Crippen molar-refractivity contribution in [2.45, 2.75) is 58.4 Å². The van der Waals surface area contributed by atoms with E-state index in [1.807, 2.05) is 0 Å². The molecule has 1 atom stereocenters. The second kappa shape index (κ2) is 14.6. The van der Waals surface area contributed by atoms with E-state index in [1.54, 1.807) is 13.8 Å². The van der Waals surface area contributed by atoms with E-state index in [9.17, 15) is 28.8 Å². The first-order valence-corrected chi connectivity index (χ1v) is 11.0. The number of rotatable bonds is 11. The van der Waals surface area contributed by atoms with E-state index in [-0.39, 0.29) is 5.75 Å². The van der Waals surface area contributed by atoms with Crippen LogP contribution in [-0.2, 0) is 42.9 Å². The van der Waals surface area contributed by atoms with E-state index >= 15 is 0 Å². The topological polar surface area (TPSA) is 161 Å². The van der Waals surface area contributed by atoms with Gasteiger partial charge in [-0.05, 0) is 51.2 Å². The smallest absolute Gasteiger partial charge is 0.371 e. The molecule has 0 heterocycles. The zero-order valence-electron chi connectivity index (χ0n) is 18.6. The fourth-order valence-corrected chi connectivity index (χ4v) is 2.94. The van der Waals surface area contributed by atoms with Gasteiger partial charge in [0.05, 0.1) is 10.9 Å². The molecular formula is C18H27NO11S2. The molecule has 0 saturated heterocycles. The molecule has 12 nitrogen and oxygen atoms in total. The first-order valence-electron chi connectivity index (χ1n) is 9.18. The van der Waals surface area contributed by atoms with Crippen molar-refractivity contribution in [1.29, 1.82) is 0 Å². The van der Waals surface area contributed by atoms with Crippen molar-refractivity contribution in [2.75, 3.05) is 19.3 Å². The number of amides is 1. The molecule has 182 valence electrons. The van der Waals surface area contributed by atoms with E-state index in [0.717, 1.165) is 13.8 Å². The lowest BCUT2D eigenvalue weighted by molar-refractivity contribution is -0.151. The van der Waals surface area contributed by atoms with Crippen LogP contribution in [-0.4, -0.2) is 70.6 Å². The molecule has 0 saturated carbocycles. The molecule has 0 spiro atoms. The van der Waals surface area contributed by atoms with Crippen molar-refractivity contribution in [3.8, 4) is 0 Å². The van der Waals surface area contributed by atoms with Crippen molar-refractivity contribution in [2.24, 2.45) is 0 Å². The van der Waals surface area contributed by atoms with E-state index < -0.39 is 64.9 Å². The van der Waals surface area contributed by atoms with Crippen LogP contribution < -0.4 is 5.32 Å². The van der Waals surface area contributed by atoms with Gasteiger partial charge in [-0.1, -0.05) is 0 Å². The molecule has 0 aromatic heterocycles. The van der Waals surface area contributed by atoms with Gasteiger partial charge in [-0.3, -0.25) is 14.4 Å². The van der Waals surface area contributed by atoms with E-state index in [2.05, 4.69) is 24.3 Å². The highest BCUT2D eigenvalue weighted by atomic mass is 32.2. The Kier molecular flexibility index (Phi) is 13.4. The number of nitrogens with one attached hydrogen (secondary N) is 1. The SMILES string of the molecule is CC(=O)OCOC(=O)SC[C@H](NC(=O)C(C)(C)SC(=O)OCOC(C)=O)C(=O)OC(C)C. The number of thioether (sulfide) groups is 2. The number of ether oxygens (including phenoxy) is 5. The number of esters is 3. The molecule has 0 aromatic rings. The molecule has 0 aliphatic heterocycles. The molecule has 0 bridgehead atoms. The maximum absolute atomic E-state index is 12.7. The van der Waals surface area contributed by atoms with Crippen LogP contribution in [0.15, 0.2) is 0 Å². The Labute approximate surface area is 193 Å². The minimum absolute atomic E-state index is 0.242. The molecule has 14 heteroatoms. The van der Waals surface area contributed by atoms with Crippen LogP contribution in [0.3, 0.4) is 0 Å². The minimum Gasteiger partial charge on any atom is -0.461 e. The lowest BCUT2D eigenvalue weighted by Gasteiger charge is -2.25. The molecule has 0 rings (SSSR count). The fourth-order valence-electron chi connectivity index (χ4n) is 1.61. The van der Waals surface area contributed by atoms with Gasteiger partial charge in [0.1, 0.15) is 6.04 Å². The average molecular weight is 498 g/mol. The Hall–Kier alpha value is -2.48. The zero-order valence-corrected chi connectivity index (χ0v) is 20.2. The molecular weight excluding hydrogens is 470 g/mol. The lowest BCUT2D eigenvalue weighted by Crippen LogP contribution is -2.50. The number of carbonyl (C=O) groups excluding carboxylic acids is 6. The average Bonchev–Trinajstić information content (AvgIpc) is 2.63. The van der Waals surface area contributed by atoms with Gasteiger partial charge >= 0.3 is 28.5 Å². The predicted octanol–water partition coefficient (Wildman–Crippen LogP) is 1.98.